The minimum Gasteiger partial charge on any atom is -0.330 e. The predicted molar refractivity (Wildman–Crippen MR) is 151 cm³/mol. The molecule has 0 radical (unpaired) electrons. The smallest absolute Gasteiger partial charge is 0.230 e. The van der Waals surface area contributed by atoms with Crippen molar-refractivity contribution in [3.8, 4) is 0 Å². The number of nitrogens with zero attached hydrogens (tertiary/aromatic N) is 4. The van der Waals surface area contributed by atoms with Crippen LogP contribution in [0.3, 0.4) is 0 Å². The summed E-state index contributed by atoms with van der Waals surface area (Å²) in [6, 6.07) is 17.6. The van der Waals surface area contributed by atoms with Gasteiger partial charge in [0.2, 0.25) is 16.9 Å². The lowest BCUT2D eigenvalue weighted by atomic mass is 10.1. The number of carbonyl (C=O) groups is 2. The number of amides is 2. The Bertz CT molecular complexity index is 1290. The zero-order valence-corrected chi connectivity index (χ0v) is 22.2. The highest BCUT2D eigenvalue weighted by molar-refractivity contribution is 7.15. The first-order valence-corrected chi connectivity index (χ1v) is 13.7. The fourth-order valence-electron chi connectivity index (χ4n) is 4.16. The van der Waals surface area contributed by atoms with Crippen LogP contribution in [0.4, 0.5) is 5.13 Å². The molecular formula is C28H33N7O2S. The van der Waals surface area contributed by atoms with E-state index >= 15 is 0 Å². The quantitative estimate of drug-likeness (QED) is 0.305. The van der Waals surface area contributed by atoms with Crippen molar-refractivity contribution in [2.75, 3.05) is 11.9 Å². The maximum atomic E-state index is 12.4. The Morgan fingerprint density at radius 2 is 1.53 bits per heavy atom. The number of anilines is 1. The second-order valence-electron chi connectivity index (χ2n) is 9.22. The summed E-state index contributed by atoms with van der Waals surface area (Å²) in [6.07, 6.45) is 6.47. The summed E-state index contributed by atoms with van der Waals surface area (Å²) in [5.41, 5.74) is 9.73. The first-order valence-electron chi connectivity index (χ1n) is 12.9. The monoisotopic (exact) mass is 531 g/mol. The molecule has 4 rings (SSSR count). The van der Waals surface area contributed by atoms with E-state index < -0.39 is 0 Å². The zero-order valence-electron chi connectivity index (χ0n) is 21.4. The third-order valence-electron chi connectivity index (χ3n) is 6.06. The highest BCUT2D eigenvalue weighted by Gasteiger charge is 2.14. The van der Waals surface area contributed by atoms with Crippen LogP contribution in [0.25, 0.3) is 0 Å². The molecule has 0 saturated heterocycles. The standard InChI is InChI=1S/C28H33N7O2S/c29-16-15-21-9-6-10-22(17-21)19-26(37)31-28-35-34-27(38-28)12-5-4-11-23-13-14-24(33-32-23)30-25(36)18-20-7-2-1-3-8-20/h1-3,6-10,17H,4-5,11-16,18-19,29H2,(H,30,33,36)(H,31,35,37). The van der Waals surface area contributed by atoms with Crippen molar-refractivity contribution >= 4 is 39.8 Å². The van der Waals surface area contributed by atoms with Crippen LogP contribution in [0.5, 0.6) is 0 Å². The SMILES string of the molecule is NCCc1cccc(CC(=O)Nc2nnc(CCCCC3=NN=C(NC(=O)Cc4ccccc4)CC3)s2)c1. The second-order valence-corrected chi connectivity index (χ2v) is 10.3. The van der Waals surface area contributed by atoms with Crippen molar-refractivity contribution < 1.29 is 9.59 Å². The van der Waals surface area contributed by atoms with Crippen LogP contribution in [0.1, 0.15) is 53.8 Å². The van der Waals surface area contributed by atoms with Crippen LogP contribution in [0.2, 0.25) is 0 Å². The van der Waals surface area contributed by atoms with Gasteiger partial charge in [0.15, 0.2) is 0 Å². The number of hydrogen-bond donors (Lipinski definition) is 3. The number of hydrogen-bond acceptors (Lipinski definition) is 8. The van der Waals surface area contributed by atoms with Crippen molar-refractivity contribution in [2.24, 2.45) is 15.9 Å². The minimum atomic E-state index is -0.107. The number of rotatable bonds is 12. The summed E-state index contributed by atoms with van der Waals surface area (Å²) < 4.78 is 0. The Balaban J connectivity index is 1.14. The van der Waals surface area contributed by atoms with Crippen molar-refractivity contribution in [1.82, 2.24) is 15.5 Å². The van der Waals surface area contributed by atoms with Crippen LogP contribution in [0, 0.1) is 0 Å². The third kappa shape index (κ3) is 8.97. The summed E-state index contributed by atoms with van der Waals surface area (Å²) in [6.45, 7) is 0.585. The number of amidine groups is 1. The molecule has 0 atom stereocenters. The highest BCUT2D eigenvalue weighted by atomic mass is 32.1. The first-order chi connectivity index (χ1) is 18.6. The van der Waals surface area contributed by atoms with E-state index in [2.05, 4.69) is 31.0 Å². The average Bonchev–Trinajstić information content (AvgIpc) is 3.35. The van der Waals surface area contributed by atoms with E-state index in [0.29, 0.717) is 30.4 Å². The van der Waals surface area contributed by atoms with Crippen LogP contribution < -0.4 is 16.4 Å². The van der Waals surface area contributed by atoms with Crippen LogP contribution in [0.15, 0.2) is 64.8 Å². The lowest BCUT2D eigenvalue weighted by Gasteiger charge is -2.13. The molecule has 4 N–H and O–H groups in total. The van der Waals surface area contributed by atoms with Crippen molar-refractivity contribution in [2.45, 2.75) is 57.8 Å². The number of carbonyl (C=O) groups excluding carboxylic acids is 2. The summed E-state index contributed by atoms with van der Waals surface area (Å²) >= 11 is 1.41. The topological polar surface area (TPSA) is 135 Å². The molecular weight excluding hydrogens is 498 g/mol. The molecule has 0 bridgehead atoms. The van der Waals surface area contributed by atoms with Crippen molar-refractivity contribution in [1.29, 1.82) is 0 Å². The van der Waals surface area contributed by atoms with Crippen LogP contribution >= 0.6 is 11.3 Å². The van der Waals surface area contributed by atoms with E-state index in [1.54, 1.807) is 0 Å². The predicted octanol–water partition coefficient (Wildman–Crippen LogP) is 3.84. The van der Waals surface area contributed by atoms with Gasteiger partial charge in [0, 0.05) is 18.6 Å². The Morgan fingerprint density at radius 3 is 2.32 bits per heavy atom. The van der Waals surface area contributed by atoms with Gasteiger partial charge in [0.1, 0.15) is 10.8 Å². The maximum Gasteiger partial charge on any atom is 0.230 e. The van der Waals surface area contributed by atoms with E-state index in [1.807, 2.05) is 54.6 Å². The van der Waals surface area contributed by atoms with E-state index in [0.717, 1.165) is 65.9 Å². The van der Waals surface area contributed by atoms with Gasteiger partial charge in [-0.15, -0.1) is 15.3 Å². The van der Waals surface area contributed by atoms with E-state index in [4.69, 9.17) is 5.73 Å². The molecule has 9 nitrogen and oxygen atoms in total. The number of benzene rings is 2. The van der Waals surface area contributed by atoms with Gasteiger partial charge in [0.25, 0.3) is 0 Å². The Hall–Kier alpha value is -3.76. The summed E-state index contributed by atoms with van der Waals surface area (Å²) in [5.74, 6) is 0.448. The van der Waals surface area contributed by atoms with Gasteiger partial charge < -0.3 is 16.4 Å². The molecule has 1 aliphatic heterocycles. The van der Waals surface area contributed by atoms with E-state index in [-0.39, 0.29) is 18.2 Å². The molecule has 38 heavy (non-hydrogen) atoms. The Morgan fingerprint density at radius 1 is 0.789 bits per heavy atom. The van der Waals surface area contributed by atoms with E-state index in [9.17, 15) is 9.59 Å². The molecule has 198 valence electrons. The highest BCUT2D eigenvalue weighted by Crippen LogP contribution is 2.19. The largest absolute Gasteiger partial charge is 0.330 e. The molecule has 2 aromatic carbocycles. The van der Waals surface area contributed by atoms with Crippen molar-refractivity contribution in [3.05, 3.63) is 76.3 Å². The Labute approximate surface area is 226 Å². The number of nitrogens with two attached hydrogens (primary N) is 1. The normalized spacial score (nSPS) is 13.0. The maximum absolute atomic E-state index is 12.4. The van der Waals surface area contributed by atoms with Gasteiger partial charge in [-0.1, -0.05) is 65.9 Å². The van der Waals surface area contributed by atoms with Crippen molar-refractivity contribution in [3.63, 3.8) is 0 Å². The molecule has 0 saturated carbocycles. The van der Waals surface area contributed by atoms with Crippen LogP contribution in [-0.2, 0) is 35.3 Å². The molecule has 1 aromatic heterocycles. The number of aromatic nitrogens is 2. The zero-order chi connectivity index (χ0) is 26.6. The third-order valence-corrected chi connectivity index (χ3v) is 6.96. The summed E-state index contributed by atoms with van der Waals surface area (Å²) in [5, 5.41) is 24.0. The summed E-state index contributed by atoms with van der Waals surface area (Å²) in [7, 11) is 0. The Kier molecular flexibility index (Phi) is 10.2. The molecule has 10 heteroatoms. The minimum absolute atomic E-state index is 0.0714. The lowest BCUT2D eigenvalue weighted by Crippen LogP contribution is -2.33. The molecule has 1 aliphatic rings. The molecule has 0 fully saturated rings. The van der Waals surface area contributed by atoms with Gasteiger partial charge >= 0.3 is 0 Å². The van der Waals surface area contributed by atoms with Gasteiger partial charge in [-0.3, -0.25) is 9.59 Å². The van der Waals surface area contributed by atoms with Gasteiger partial charge in [-0.2, -0.15) is 5.10 Å². The number of aryl methyl sites for hydroxylation is 1. The second kappa shape index (κ2) is 14.3. The molecule has 2 heterocycles. The molecule has 2 amide bonds. The van der Waals surface area contributed by atoms with E-state index in [1.165, 1.54) is 11.3 Å². The average molecular weight is 532 g/mol. The van der Waals surface area contributed by atoms with Gasteiger partial charge in [-0.05, 0) is 55.3 Å². The molecule has 0 spiro atoms. The number of unbranched alkanes of at least 4 members (excludes halogenated alkanes) is 1. The van der Waals surface area contributed by atoms with Crippen LogP contribution in [-0.4, -0.2) is 40.1 Å². The van der Waals surface area contributed by atoms with Gasteiger partial charge in [-0.25, -0.2) is 0 Å². The fraction of sp³-hybridized carbons (Fsp3) is 0.357. The van der Waals surface area contributed by atoms with Gasteiger partial charge in [0.05, 0.1) is 12.8 Å². The lowest BCUT2D eigenvalue weighted by molar-refractivity contribution is -0.119. The number of nitrogens with one attached hydrogen (secondary N) is 2. The molecule has 0 aliphatic carbocycles. The fourth-order valence-corrected chi connectivity index (χ4v) is 4.96. The molecule has 0 unspecified atom stereocenters. The molecule has 3 aromatic rings. The summed E-state index contributed by atoms with van der Waals surface area (Å²) in [4.78, 5) is 24.6. The first kappa shape index (κ1) is 27.3.